The Morgan fingerprint density at radius 3 is 2.44 bits per heavy atom. The van der Waals surface area contributed by atoms with Gasteiger partial charge in [0.2, 0.25) is 10.0 Å². The van der Waals surface area contributed by atoms with Crippen LogP contribution in [0.25, 0.3) is 5.82 Å². The van der Waals surface area contributed by atoms with E-state index in [1.165, 1.54) is 10.6 Å². The summed E-state index contributed by atoms with van der Waals surface area (Å²) < 4.78 is 26.8. The van der Waals surface area contributed by atoms with Gasteiger partial charge in [-0.1, -0.05) is 6.07 Å². The number of aryl methyl sites for hydroxylation is 1. The van der Waals surface area contributed by atoms with Crippen molar-refractivity contribution in [3.05, 3.63) is 47.4 Å². The van der Waals surface area contributed by atoms with Gasteiger partial charge < -0.3 is 9.47 Å². The predicted octanol–water partition coefficient (Wildman–Crippen LogP) is 1.99. The van der Waals surface area contributed by atoms with Crippen LogP contribution in [0.15, 0.2) is 30.5 Å². The van der Waals surface area contributed by atoms with Gasteiger partial charge in [0.25, 0.3) is 5.91 Å². The Morgan fingerprint density at radius 2 is 1.89 bits per heavy atom. The normalized spacial score (nSPS) is 16.1. The fourth-order valence-corrected chi connectivity index (χ4v) is 4.44. The van der Waals surface area contributed by atoms with Crippen molar-refractivity contribution in [3.8, 4) is 5.82 Å². The molecular weight excluding hydrogens is 364 g/mol. The molecular formula is C19H26N4O3S. The Kier molecular flexibility index (Phi) is 5.39. The minimum absolute atomic E-state index is 0.00857. The number of hydrogen-bond acceptors (Lipinski definition) is 4. The first-order chi connectivity index (χ1) is 12.7. The average molecular weight is 391 g/mol. The number of likely N-dealkylation sites (tertiary alicyclic amines) is 1. The number of carbonyl (C=O) groups excluding carboxylic acids is 1. The number of nitrogens with zero attached hydrogens (tertiary/aromatic N) is 4. The summed E-state index contributed by atoms with van der Waals surface area (Å²) in [6.07, 6.45) is 4.25. The number of aromatic nitrogens is 2. The van der Waals surface area contributed by atoms with E-state index in [2.05, 4.69) is 4.98 Å². The first-order valence-corrected chi connectivity index (χ1v) is 10.9. The second-order valence-corrected chi connectivity index (χ2v) is 9.15. The molecule has 8 heteroatoms. The van der Waals surface area contributed by atoms with Gasteiger partial charge in [0.05, 0.1) is 11.8 Å². The molecule has 3 heterocycles. The molecule has 3 rings (SSSR count). The zero-order valence-corrected chi connectivity index (χ0v) is 17.0. The van der Waals surface area contributed by atoms with Crippen molar-refractivity contribution in [2.45, 2.75) is 32.7 Å². The van der Waals surface area contributed by atoms with Gasteiger partial charge in [-0.15, -0.1) is 0 Å². The highest BCUT2D eigenvalue weighted by Crippen LogP contribution is 2.24. The van der Waals surface area contributed by atoms with Gasteiger partial charge in [0, 0.05) is 43.8 Å². The third kappa shape index (κ3) is 3.91. The molecule has 2 aromatic rings. The molecule has 0 atom stereocenters. The van der Waals surface area contributed by atoms with Crippen LogP contribution in [0, 0.1) is 13.8 Å². The summed E-state index contributed by atoms with van der Waals surface area (Å²) in [4.78, 5) is 19.3. The van der Waals surface area contributed by atoms with Crippen LogP contribution >= 0.6 is 0 Å². The number of pyridine rings is 1. The molecule has 1 amide bonds. The molecule has 1 fully saturated rings. The van der Waals surface area contributed by atoms with E-state index in [4.69, 9.17) is 0 Å². The summed E-state index contributed by atoms with van der Waals surface area (Å²) in [5.41, 5.74) is 2.50. The summed E-state index contributed by atoms with van der Waals surface area (Å²) in [5, 5.41) is 0. The summed E-state index contributed by atoms with van der Waals surface area (Å²) in [6, 6.07) is 7.56. The number of piperidine rings is 1. The maximum atomic E-state index is 13.1. The van der Waals surface area contributed by atoms with Gasteiger partial charge in [-0.25, -0.2) is 17.7 Å². The van der Waals surface area contributed by atoms with Gasteiger partial charge in [-0.3, -0.25) is 4.79 Å². The first kappa shape index (κ1) is 19.6. The van der Waals surface area contributed by atoms with Crippen LogP contribution in [0.3, 0.4) is 0 Å². The molecule has 0 aliphatic carbocycles. The molecule has 0 N–H and O–H groups in total. The van der Waals surface area contributed by atoms with Crippen LogP contribution in [0.4, 0.5) is 0 Å². The fourth-order valence-electron chi connectivity index (χ4n) is 3.69. The molecule has 0 spiro atoms. The number of amides is 1. The molecule has 0 aromatic carbocycles. The summed E-state index contributed by atoms with van der Waals surface area (Å²) in [6.45, 7) is 5.00. The maximum Gasteiger partial charge on any atom is 0.255 e. The first-order valence-electron chi connectivity index (χ1n) is 9.02. The van der Waals surface area contributed by atoms with E-state index in [0.29, 0.717) is 31.5 Å². The molecule has 2 aromatic heterocycles. The monoisotopic (exact) mass is 390 g/mol. The van der Waals surface area contributed by atoms with Crippen LogP contribution in [0.5, 0.6) is 0 Å². The van der Waals surface area contributed by atoms with Gasteiger partial charge >= 0.3 is 0 Å². The van der Waals surface area contributed by atoms with E-state index in [0.717, 1.165) is 17.2 Å². The Labute approximate surface area is 160 Å². The Bertz CT molecular complexity index is 929. The van der Waals surface area contributed by atoms with Gasteiger partial charge in [-0.2, -0.15) is 0 Å². The van der Waals surface area contributed by atoms with Crippen molar-refractivity contribution in [2.24, 2.45) is 0 Å². The van der Waals surface area contributed by atoms with Crippen molar-refractivity contribution in [2.75, 3.05) is 26.4 Å². The van der Waals surface area contributed by atoms with Gasteiger partial charge in [0.15, 0.2) is 0 Å². The van der Waals surface area contributed by atoms with Gasteiger partial charge in [0.1, 0.15) is 5.82 Å². The second kappa shape index (κ2) is 7.44. The number of hydrogen-bond donors (Lipinski definition) is 0. The number of rotatable bonds is 4. The average Bonchev–Trinajstić information content (AvgIpc) is 2.95. The smallest absolute Gasteiger partial charge is 0.255 e. The van der Waals surface area contributed by atoms with Crippen molar-refractivity contribution in [1.29, 1.82) is 0 Å². The Morgan fingerprint density at radius 1 is 1.22 bits per heavy atom. The number of sulfonamides is 1. The zero-order chi connectivity index (χ0) is 19.8. The molecule has 1 saturated heterocycles. The highest BCUT2D eigenvalue weighted by atomic mass is 32.2. The molecule has 0 saturated carbocycles. The lowest BCUT2D eigenvalue weighted by molar-refractivity contribution is 0.0685. The topological polar surface area (TPSA) is 75.5 Å². The van der Waals surface area contributed by atoms with Crippen LogP contribution in [-0.4, -0.2) is 65.5 Å². The maximum absolute atomic E-state index is 13.1. The molecule has 0 radical (unpaired) electrons. The van der Waals surface area contributed by atoms with Gasteiger partial charge in [-0.05, 0) is 44.9 Å². The highest BCUT2D eigenvalue weighted by Gasteiger charge is 2.30. The molecule has 7 nitrogen and oxygen atoms in total. The van der Waals surface area contributed by atoms with E-state index in [9.17, 15) is 13.2 Å². The van der Waals surface area contributed by atoms with E-state index >= 15 is 0 Å². The SMILES string of the molecule is Cc1cc(C(=O)N2CCC(N(C)S(C)(=O)=O)CC2)c(C)n1-c1ccccn1. The Hall–Kier alpha value is -2.19. The van der Waals surface area contributed by atoms with Crippen LogP contribution in [0.2, 0.25) is 0 Å². The summed E-state index contributed by atoms with van der Waals surface area (Å²) >= 11 is 0. The second-order valence-electron chi connectivity index (χ2n) is 7.11. The lowest BCUT2D eigenvalue weighted by Gasteiger charge is -2.35. The van der Waals surface area contributed by atoms with Crippen molar-refractivity contribution >= 4 is 15.9 Å². The van der Waals surface area contributed by atoms with Crippen molar-refractivity contribution in [3.63, 3.8) is 0 Å². The summed E-state index contributed by atoms with van der Waals surface area (Å²) in [5.74, 6) is 0.783. The number of carbonyl (C=O) groups is 1. The third-order valence-electron chi connectivity index (χ3n) is 5.33. The van der Waals surface area contributed by atoms with E-state index < -0.39 is 10.0 Å². The molecule has 0 bridgehead atoms. The predicted molar refractivity (Wildman–Crippen MR) is 105 cm³/mol. The molecule has 1 aliphatic rings. The highest BCUT2D eigenvalue weighted by molar-refractivity contribution is 7.88. The zero-order valence-electron chi connectivity index (χ0n) is 16.2. The molecule has 27 heavy (non-hydrogen) atoms. The largest absolute Gasteiger partial charge is 0.338 e. The Balaban J connectivity index is 1.77. The van der Waals surface area contributed by atoms with Crippen LogP contribution in [-0.2, 0) is 10.0 Å². The fraction of sp³-hybridized carbons (Fsp3) is 0.474. The lowest BCUT2D eigenvalue weighted by atomic mass is 10.0. The standard InChI is InChI=1S/C19H26N4O3S/c1-14-13-17(15(2)23(14)18-7-5-6-10-20-18)19(24)22-11-8-16(9-12-22)21(3)27(4,25)26/h5-7,10,13,16H,8-9,11-12H2,1-4H3. The molecule has 0 unspecified atom stereocenters. The molecule has 146 valence electrons. The van der Waals surface area contributed by atoms with E-state index in [1.54, 1.807) is 13.2 Å². The van der Waals surface area contributed by atoms with E-state index in [1.807, 2.05) is 47.6 Å². The summed E-state index contributed by atoms with van der Waals surface area (Å²) in [7, 11) is -1.60. The third-order valence-corrected chi connectivity index (χ3v) is 6.67. The minimum Gasteiger partial charge on any atom is -0.338 e. The lowest BCUT2D eigenvalue weighted by Crippen LogP contribution is -2.47. The van der Waals surface area contributed by atoms with Crippen molar-refractivity contribution in [1.82, 2.24) is 18.8 Å². The quantitative estimate of drug-likeness (QED) is 0.800. The van der Waals surface area contributed by atoms with Crippen molar-refractivity contribution < 1.29 is 13.2 Å². The van der Waals surface area contributed by atoms with Crippen LogP contribution < -0.4 is 0 Å². The molecule has 1 aliphatic heterocycles. The minimum atomic E-state index is -3.21. The van der Waals surface area contributed by atoms with Crippen LogP contribution in [0.1, 0.15) is 34.6 Å². The van der Waals surface area contributed by atoms with E-state index in [-0.39, 0.29) is 11.9 Å².